The zero-order chi connectivity index (χ0) is 11.3. The van der Waals surface area contributed by atoms with Crippen molar-refractivity contribution in [3.63, 3.8) is 0 Å². The highest BCUT2D eigenvalue weighted by Gasteiger charge is 2.16. The summed E-state index contributed by atoms with van der Waals surface area (Å²) in [6, 6.07) is 6.14. The Balaban J connectivity index is 2.73. The molecule has 0 radical (unpaired) electrons. The van der Waals surface area contributed by atoms with Crippen LogP contribution in [0, 0.1) is 0 Å². The van der Waals surface area contributed by atoms with E-state index in [9.17, 15) is 4.79 Å². The molecule has 0 bridgehead atoms. The predicted octanol–water partition coefficient (Wildman–Crippen LogP) is 0.742. The quantitative estimate of drug-likeness (QED) is 0.717. The molecule has 0 fully saturated rings. The standard InChI is InChI=1S/C11H15NO3/c1-2-15-11(14)10(12)9-5-3-8(7-13)4-6-9/h3-6,10,13H,2,7,12H2,1H3. The second-order valence-electron chi connectivity index (χ2n) is 3.13. The Kier molecular flexibility index (Phi) is 4.27. The Bertz CT molecular complexity index is 321. The minimum atomic E-state index is -0.752. The largest absolute Gasteiger partial charge is 0.465 e. The van der Waals surface area contributed by atoms with Crippen molar-refractivity contribution in [2.75, 3.05) is 6.61 Å². The summed E-state index contributed by atoms with van der Waals surface area (Å²) in [5.74, 6) is -0.436. The summed E-state index contributed by atoms with van der Waals surface area (Å²) in [6.45, 7) is 2.04. The van der Waals surface area contributed by atoms with Gasteiger partial charge in [0, 0.05) is 0 Å². The number of nitrogens with two attached hydrogens (primary N) is 1. The zero-order valence-electron chi connectivity index (χ0n) is 8.64. The van der Waals surface area contributed by atoms with E-state index in [1.54, 1.807) is 31.2 Å². The average Bonchev–Trinajstić information content (AvgIpc) is 2.28. The first-order chi connectivity index (χ1) is 7.19. The molecule has 1 aromatic rings. The van der Waals surface area contributed by atoms with Crippen molar-refractivity contribution in [1.29, 1.82) is 0 Å². The highest BCUT2D eigenvalue weighted by atomic mass is 16.5. The first-order valence-corrected chi connectivity index (χ1v) is 4.81. The summed E-state index contributed by atoms with van der Waals surface area (Å²) in [6.07, 6.45) is 0. The molecule has 0 heterocycles. The molecule has 4 nitrogen and oxygen atoms in total. The number of benzene rings is 1. The van der Waals surface area contributed by atoms with E-state index in [-0.39, 0.29) is 6.61 Å². The topological polar surface area (TPSA) is 72.5 Å². The third-order valence-electron chi connectivity index (χ3n) is 2.06. The number of aliphatic hydroxyl groups excluding tert-OH is 1. The Morgan fingerprint density at radius 1 is 1.47 bits per heavy atom. The average molecular weight is 209 g/mol. The summed E-state index contributed by atoms with van der Waals surface area (Å²) in [7, 11) is 0. The zero-order valence-corrected chi connectivity index (χ0v) is 8.64. The summed E-state index contributed by atoms with van der Waals surface area (Å²) >= 11 is 0. The lowest BCUT2D eigenvalue weighted by Crippen LogP contribution is -2.23. The lowest BCUT2D eigenvalue weighted by Gasteiger charge is -2.10. The number of esters is 1. The van der Waals surface area contributed by atoms with Gasteiger partial charge in [0.2, 0.25) is 0 Å². The highest BCUT2D eigenvalue weighted by Crippen LogP contribution is 2.13. The Morgan fingerprint density at radius 3 is 2.53 bits per heavy atom. The van der Waals surface area contributed by atoms with E-state index in [2.05, 4.69) is 0 Å². The molecule has 0 amide bonds. The predicted molar refractivity (Wildman–Crippen MR) is 55.9 cm³/mol. The van der Waals surface area contributed by atoms with Crippen LogP contribution in [0.1, 0.15) is 24.1 Å². The van der Waals surface area contributed by atoms with Crippen molar-refractivity contribution in [2.24, 2.45) is 5.73 Å². The van der Waals surface area contributed by atoms with Crippen LogP contribution in [-0.4, -0.2) is 17.7 Å². The molecule has 1 atom stereocenters. The van der Waals surface area contributed by atoms with Crippen molar-refractivity contribution >= 4 is 5.97 Å². The molecule has 82 valence electrons. The molecular formula is C11H15NO3. The van der Waals surface area contributed by atoms with Crippen molar-refractivity contribution in [3.05, 3.63) is 35.4 Å². The van der Waals surface area contributed by atoms with Crippen LogP contribution in [-0.2, 0) is 16.1 Å². The van der Waals surface area contributed by atoms with Gasteiger partial charge >= 0.3 is 5.97 Å². The van der Waals surface area contributed by atoms with E-state index < -0.39 is 12.0 Å². The summed E-state index contributed by atoms with van der Waals surface area (Å²) in [5, 5.41) is 8.84. The molecule has 1 unspecified atom stereocenters. The smallest absolute Gasteiger partial charge is 0.327 e. The van der Waals surface area contributed by atoms with Gasteiger partial charge in [-0.15, -0.1) is 0 Å². The molecule has 0 aliphatic rings. The Labute approximate surface area is 88.7 Å². The van der Waals surface area contributed by atoms with E-state index in [0.29, 0.717) is 12.2 Å². The fraction of sp³-hybridized carbons (Fsp3) is 0.364. The van der Waals surface area contributed by atoms with Crippen LogP contribution < -0.4 is 5.73 Å². The number of carbonyl (C=O) groups is 1. The van der Waals surface area contributed by atoms with Crippen molar-refractivity contribution in [3.8, 4) is 0 Å². The van der Waals surface area contributed by atoms with E-state index in [1.807, 2.05) is 0 Å². The third-order valence-corrected chi connectivity index (χ3v) is 2.06. The molecule has 0 saturated carbocycles. The second-order valence-corrected chi connectivity index (χ2v) is 3.13. The molecule has 0 spiro atoms. The second kappa shape index (κ2) is 5.48. The SMILES string of the molecule is CCOC(=O)C(N)c1ccc(CO)cc1. The summed E-state index contributed by atoms with van der Waals surface area (Å²) in [5.41, 5.74) is 7.15. The minimum Gasteiger partial charge on any atom is -0.465 e. The van der Waals surface area contributed by atoms with Gasteiger partial charge in [0.05, 0.1) is 13.2 Å². The van der Waals surface area contributed by atoms with Crippen LogP contribution in [0.2, 0.25) is 0 Å². The molecule has 1 rings (SSSR count). The first-order valence-electron chi connectivity index (χ1n) is 4.81. The number of ether oxygens (including phenoxy) is 1. The van der Waals surface area contributed by atoms with E-state index in [4.69, 9.17) is 15.6 Å². The van der Waals surface area contributed by atoms with Crippen LogP contribution in [0.4, 0.5) is 0 Å². The van der Waals surface area contributed by atoms with Crippen LogP contribution >= 0.6 is 0 Å². The number of carbonyl (C=O) groups excluding carboxylic acids is 1. The van der Waals surface area contributed by atoms with Gasteiger partial charge in [-0.1, -0.05) is 24.3 Å². The van der Waals surface area contributed by atoms with Crippen molar-refractivity contribution < 1.29 is 14.6 Å². The summed E-state index contributed by atoms with van der Waals surface area (Å²) < 4.78 is 4.80. The highest BCUT2D eigenvalue weighted by molar-refractivity contribution is 5.77. The molecule has 0 aromatic heterocycles. The fourth-order valence-corrected chi connectivity index (χ4v) is 1.20. The fourth-order valence-electron chi connectivity index (χ4n) is 1.20. The maximum atomic E-state index is 11.3. The minimum absolute atomic E-state index is 0.0189. The van der Waals surface area contributed by atoms with E-state index in [0.717, 1.165) is 5.56 Å². The number of rotatable bonds is 4. The normalized spacial score (nSPS) is 12.2. The molecule has 15 heavy (non-hydrogen) atoms. The van der Waals surface area contributed by atoms with Gasteiger partial charge in [0.1, 0.15) is 6.04 Å². The number of hydrogen-bond acceptors (Lipinski definition) is 4. The van der Waals surface area contributed by atoms with Crippen LogP contribution in [0.3, 0.4) is 0 Å². The lowest BCUT2D eigenvalue weighted by molar-refractivity contribution is -0.144. The van der Waals surface area contributed by atoms with Crippen LogP contribution in [0.5, 0.6) is 0 Å². The number of hydrogen-bond donors (Lipinski definition) is 2. The molecule has 0 aliphatic carbocycles. The van der Waals surface area contributed by atoms with Gasteiger partial charge in [-0.3, -0.25) is 0 Å². The Morgan fingerprint density at radius 2 is 2.07 bits per heavy atom. The van der Waals surface area contributed by atoms with Gasteiger partial charge in [-0.25, -0.2) is 4.79 Å². The maximum Gasteiger partial charge on any atom is 0.327 e. The van der Waals surface area contributed by atoms with Gasteiger partial charge < -0.3 is 15.6 Å². The summed E-state index contributed by atoms with van der Waals surface area (Å²) in [4.78, 5) is 11.3. The maximum absolute atomic E-state index is 11.3. The van der Waals surface area contributed by atoms with Crippen LogP contribution in [0.25, 0.3) is 0 Å². The van der Waals surface area contributed by atoms with E-state index in [1.165, 1.54) is 0 Å². The van der Waals surface area contributed by atoms with Gasteiger partial charge in [0.15, 0.2) is 0 Å². The lowest BCUT2D eigenvalue weighted by atomic mass is 10.1. The molecule has 0 saturated heterocycles. The van der Waals surface area contributed by atoms with Gasteiger partial charge in [0.25, 0.3) is 0 Å². The van der Waals surface area contributed by atoms with Gasteiger partial charge in [-0.05, 0) is 18.1 Å². The monoisotopic (exact) mass is 209 g/mol. The van der Waals surface area contributed by atoms with Crippen molar-refractivity contribution in [2.45, 2.75) is 19.6 Å². The molecule has 3 N–H and O–H groups in total. The third kappa shape index (κ3) is 3.04. The molecular weight excluding hydrogens is 194 g/mol. The molecule has 4 heteroatoms. The molecule has 0 aliphatic heterocycles. The number of aliphatic hydroxyl groups is 1. The van der Waals surface area contributed by atoms with Crippen LogP contribution in [0.15, 0.2) is 24.3 Å². The molecule has 1 aromatic carbocycles. The Hall–Kier alpha value is -1.39. The van der Waals surface area contributed by atoms with Gasteiger partial charge in [-0.2, -0.15) is 0 Å². The first kappa shape index (κ1) is 11.7. The van der Waals surface area contributed by atoms with Crippen molar-refractivity contribution in [1.82, 2.24) is 0 Å². The van der Waals surface area contributed by atoms with E-state index >= 15 is 0 Å².